The molecule has 3 N–H and O–H groups in total. The van der Waals surface area contributed by atoms with Crippen molar-refractivity contribution in [3.63, 3.8) is 0 Å². The van der Waals surface area contributed by atoms with Crippen LogP contribution < -0.4 is 0 Å². The Morgan fingerprint density at radius 3 is 0.763 bits per heavy atom. The van der Waals surface area contributed by atoms with E-state index in [1.54, 1.807) is 0 Å². The van der Waals surface area contributed by atoms with Crippen molar-refractivity contribution < 1.29 is 80.2 Å². The number of unbranched alkanes of at least 4 members (excludes halogenated alkanes) is 34. The summed E-state index contributed by atoms with van der Waals surface area (Å²) in [5.41, 5.74) is 0. The zero-order valence-corrected chi connectivity index (χ0v) is 62.7. The summed E-state index contributed by atoms with van der Waals surface area (Å²) in [6.07, 6.45) is 47.2. The van der Waals surface area contributed by atoms with Crippen LogP contribution in [-0.4, -0.2) is 96.7 Å². The molecule has 19 heteroatoms. The molecule has 17 nitrogen and oxygen atoms in total. The standard InChI is InChI=1S/C74H144O17P2/c1-9-65(6)51-43-35-27-23-19-14-12-13-15-21-25-29-40-48-56-73(78)90-69(61-85-72(77)55-47-39-32-30-36-44-52-66(7)10-2)62-88-92(80,81)86-58-68(75)59-87-93(82,83)89-63-70(91-74(79)57-49-41-33-31-37-45-53-67(8)11-3)60-84-71(76)54-46-38-28-24-20-17-16-18-22-26-34-42-50-64(4)5/h64-70,75H,9-63H2,1-8H3,(H,80,81)(H,82,83)/t65?,66?,67?,68-,69+,70+/m0/s1. The van der Waals surface area contributed by atoms with Crippen LogP contribution in [0.25, 0.3) is 0 Å². The molecule has 8 atom stereocenters. The number of hydrogen-bond donors (Lipinski definition) is 3. The molecular formula is C74H144O17P2. The van der Waals surface area contributed by atoms with Crippen molar-refractivity contribution in [2.75, 3.05) is 39.6 Å². The first kappa shape index (κ1) is 91.1. The van der Waals surface area contributed by atoms with E-state index in [1.165, 1.54) is 167 Å². The van der Waals surface area contributed by atoms with Gasteiger partial charge < -0.3 is 33.8 Å². The van der Waals surface area contributed by atoms with Crippen LogP contribution in [0.1, 0.15) is 370 Å². The maximum atomic E-state index is 13.0. The number of phosphoric acid groups is 2. The lowest BCUT2D eigenvalue weighted by atomic mass is 9.99. The second-order valence-corrected chi connectivity index (χ2v) is 30.8. The second-order valence-electron chi connectivity index (χ2n) is 27.9. The molecule has 552 valence electrons. The third kappa shape index (κ3) is 64.5. The Morgan fingerprint density at radius 1 is 0.301 bits per heavy atom. The minimum atomic E-state index is -4.96. The van der Waals surface area contributed by atoms with Gasteiger partial charge in [-0.15, -0.1) is 0 Å². The highest BCUT2D eigenvalue weighted by Crippen LogP contribution is 2.45. The number of carbonyl (C=O) groups is 4. The summed E-state index contributed by atoms with van der Waals surface area (Å²) in [7, 11) is -9.91. The van der Waals surface area contributed by atoms with Crippen molar-refractivity contribution in [1.29, 1.82) is 0 Å². The van der Waals surface area contributed by atoms with E-state index < -0.39 is 97.5 Å². The first-order chi connectivity index (χ1) is 44.7. The van der Waals surface area contributed by atoms with Crippen molar-refractivity contribution in [3.8, 4) is 0 Å². The quantitative estimate of drug-likeness (QED) is 0.0222. The number of aliphatic hydroxyl groups excluding tert-OH is 1. The molecule has 0 aromatic heterocycles. The zero-order valence-electron chi connectivity index (χ0n) is 60.9. The molecule has 0 radical (unpaired) electrons. The fourth-order valence-corrected chi connectivity index (χ4v) is 12.7. The molecule has 0 spiro atoms. The zero-order chi connectivity index (χ0) is 68.9. The van der Waals surface area contributed by atoms with Crippen molar-refractivity contribution >= 4 is 39.5 Å². The predicted octanol–water partition coefficient (Wildman–Crippen LogP) is 21.3. The summed E-state index contributed by atoms with van der Waals surface area (Å²) >= 11 is 0. The van der Waals surface area contributed by atoms with Crippen LogP contribution >= 0.6 is 15.6 Å². The normalized spacial score (nSPS) is 15.1. The van der Waals surface area contributed by atoms with Crippen LogP contribution in [0.5, 0.6) is 0 Å². The van der Waals surface area contributed by atoms with Gasteiger partial charge in [-0.05, 0) is 49.4 Å². The molecule has 0 aromatic rings. The van der Waals surface area contributed by atoms with Gasteiger partial charge in [0, 0.05) is 25.7 Å². The lowest BCUT2D eigenvalue weighted by Gasteiger charge is -2.21. The highest BCUT2D eigenvalue weighted by atomic mass is 31.2. The van der Waals surface area contributed by atoms with Gasteiger partial charge in [0.2, 0.25) is 0 Å². The number of aliphatic hydroxyl groups is 1. The van der Waals surface area contributed by atoms with Crippen LogP contribution in [0, 0.1) is 23.7 Å². The van der Waals surface area contributed by atoms with Gasteiger partial charge in [0.25, 0.3) is 0 Å². The van der Waals surface area contributed by atoms with Gasteiger partial charge in [0.05, 0.1) is 26.4 Å². The number of rotatable bonds is 71. The van der Waals surface area contributed by atoms with Gasteiger partial charge in [-0.2, -0.15) is 0 Å². The minimum Gasteiger partial charge on any atom is -0.462 e. The minimum absolute atomic E-state index is 0.103. The molecule has 0 aliphatic heterocycles. The molecule has 0 rings (SSSR count). The topological polar surface area (TPSA) is 237 Å². The summed E-state index contributed by atoms with van der Waals surface area (Å²) < 4.78 is 68.4. The molecule has 93 heavy (non-hydrogen) atoms. The second kappa shape index (κ2) is 63.5. The summed E-state index contributed by atoms with van der Waals surface area (Å²) in [5.74, 6) is 0.951. The number of carbonyl (C=O) groups excluding carboxylic acids is 4. The van der Waals surface area contributed by atoms with Crippen LogP contribution in [0.4, 0.5) is 0 Å². The van der Waals surface area contributed by atoms with Crippen LogP contribution in [-0.2, 0) is 65.4 Å². The largest absolute Gasteiger partial charge is 0.472 e. The molecule has 0 aliphatic carbocycles. The van der Waals surface area contributed by atoms with Crippen molar-refractivity contribution in [3.05, 3.63) is 0 Å². The molecular weight excluding hydrogens is 1220 g/mol. The Labute approximate surface area is 568 Å². The summed E-state index contributed by atoms with van der Waals surface area (Å²) in [6, 6.07) is 0. The van der Waals surface area contributed by atoms with E-state index in [0.717, 1.165) is 120 Å². The maximum absolute atomic E-state index is 13.0. The Hall–Kier alpha value is -1.94. The van der Waals surface area contributed by atoms with E-state index in [-0.39, 0.29) is 25.7 Å². The smallest absolute Gasteiger partial charge is 0.462 e. The average molecular weight is 1370 g/mol. The van der Waals surface area contributed by atoms with E-state index in [0.29, 0.717) is 25.7 Å². The van der Waals surface area contributed by atoms with E-state index in [1.807, 2.05) is 0 Å². The fourth-order valence-electron chi connectivity index (χ4n) is 11.1. The molecule has 5 unspecified atom stereocenters. The van der Waals surface area contributed by atoms with Gasteiger partial charge >= 0.3 is 39.5 Å². The molecule has 0 aromatic carbocycles. The van der Waals surface area contributed by atoms with Gasteiger partial charge in [-0.3, -0.25) is 37.3 Å². The number of esters is 4. The Balaban J connectivity index is 5.21. The lowest BCUT2D eigenvalue weighted by Crippen LogP contribution is -2.30. The van der Waals surface area contributed by atoms with Crippen molar-refractivity contribution in [2.24, 2.45) is 23.7 Å². The molecule has 0 amide bonds. The van der Waals surface area contributed by atoms with Crippen LogP contribution in [0.15, 0.2) is 0 Å². The van der Waals surface area contributed by atoms with Gasteiger partial charge in [-0.1, -0.05) is 319 Å². The van der Waals surface area contributed by atoms with E-state index in [9.17, 15) is 43.2 Å². The van der Waals surface area contributed by atoms with Gasteiger partial charge in [-0.25, -0.2) is 9.13 Å². The highest BCUT2D eigenvalue weighted by molar-refractivity contribution is 7.47. The van der Waals surface area contributed by atoms with E-state index >= 15 is 0 Å². The van der Waals surface area contributed by atoms with Crippen LogP contribution in [0.2, 0.25) is 0 Å². The fraction of sp³-hybridized carbons (Fsp3) is 0.946. The summed E-state index contributed by atoms with van der Waals surface area (Å²) in [4.78, 5) is 72.7. The maximum Gasteiger partial charge on any atom is 0.472 e. The Kier molecular flexibility index (Phi) is 62.2. The number of phosphoric ester groups is 2. The monoisotopic (exact) mass is 1370 g/mol. The first-order valence-electron chi connectivity index (χ1n) is 38.3. The molecule has 0 aliphatic rings. The third-order valence-electron chi connectivity index (χ3n) is 18.2. The summed E-state index contributed by atoms with van der Waals surface area (Å²) in [6.45, 7) is 14.2. The molecule has 0 saturated carbocycles. The highest BCUT2D eigenvalue weighted by Gasteiger charge is 2.30. The van der Waals surface area contributed by atoms with E-state index in [4.69, 9.17) is 37.0 Å². The Bertz CT molecular complexity index is 1840. The SMILES string of the molecule is CCC(C)CCCCCCCCCCCCCCCCC(=O)O[C@H](COC(=O)CCCCCCCCC(C)CC)COP(=O)(O)OC[C@H](O)COP(=O)(O)OC[C@@H](COC(=O)CCCCCCCCCCCCCCC(C)C)OC(=O)CCCCCCCCC(C)CC. The molecule has 0 bridgehead atoms. The summed E-state index contributed by atoms with van der Waals surface area (Å²) in [5, 5.41) is 10.6. The van der Waals surface area contributed by atoms with E-state index in [2.05, 4.69) is 55.4 Å². The Morgan fingerprint density at radius 2 is 0.516 bits per heavy atom. The molecule has 0 saturated heterocycles. The van der Waals surface area contributed by atoms with Crippen molar-refractivity contribution in [1.82, 2.24) is 0 Å². The predicted molar refractivity (Wildman–Crippen MR) is 377 cm³/mol. The van der Waals surface area contributed by atoms with Crippen molar-refractivity contribution in [2.45, 2.75) is 388 Å². The molecule has 0 fully saturated rings. The van der Waals surface area contributed by atoms with Crippen LogP contribution in [0.3, 0.4) is 0 Å². The molecule has 0 heterocycles. The van der Waals surface area contributed by atoms with Gasteiger partial charge in [0.1, 0.15) is 19.3 Å². The average Bonchev–Trinajstić information content (AvgIpc) is 2.29. The third-order valence-corrected chi connectivity index (χ3v) is 20.1. The van der Waals surface area contributed by atoms with Gasteiger partial charge in [0.15, 0.2) is 12.2 Å². The number of hydrogen-bond acceptors (Lipinski definition) is 15. The first-order valence-corrected chi connectivity index (χ1v) is 41.3. The lowest BCUT2D eigenvalue weighted by molar-refractivity contribution is -0.161. The number of ether oxygens (including phenoxy) is 4.